The summed E-state index contributed by atoms with van der Waals surface area (Å²) >= 11 is 0. The first-order valence-electron chi connectivity index (χ1n) is 14.5. The van der Waals surface area contributed by atoms with Crippen LogP contribution in [0.3, 0.4) is 0 Å². The molecule has 2 saturated heterocycles. The van der Waals surface area contributed by atoms with Crippen molar-refractivity contribution in [1.82, 2.24) is 0 Å². The minimum absolute atomic E-state index is 0.0131. The Morgan fingerprint density at radius 2 is 1.32 bits per heavy atom. The second-order valence-corrected chi connectivity index (χ2v) is 10.7. The van der Waals surface area contributed by atoms with E-state index in [1.54, 1.807) is 6.92 Å². The molecule has 2 fully saturated rings. The lowest BCUT2D eigenvalue weighted by molar-refractivity contribution is -0.343. The maximum atomic E-state index is 12.0. The van der Waals surface area contributed by atoms with Gasteiger partial charge in [-0.3, -0.25) is 14.4 Å². The first-order chi connectivity index (χ1) is 21.1. The van der Waals surface area contributed by atoms with Gasteiger partial charge in [0.15, 0.2) is 18.7 Å². The number of carbonyl (C=O) groups excluding carboxylic acids is 3. The summed E-state index contributed by atoms with van der Waals surface area (Å²) in [5.41, 5.74) is 1.79. The molecule has 0 saturated carbocycles. The highest BCUT2D eigenvalue weighted by molar-refractivity contribution is 5.67. The van der Waals surface area contributed by atoms with Crippen molar-refractivity contribution in [2.45, 2.75) is 103 Å². The molecule has 0 bridgehead atoms. The van der Waals surface area contributed by atoms with Crippen molar-refractivity contribution in [3.05, 3.63) is 71.8 Å². The fraction of sp³-hybridized carbons (Fsp3) is 0.531. The predicted molar refractivity (Wildman–Crippen MR) is 152 cm³/mol. The standard InChI is InChI=1S/C32H40O12/c1-19-28(44-27-15-25(41-21(3)34)29(42-22(4)35)26(43-27)18-37-20(2)33)30(38-16-23-11-7-5-8-12-23)31(32(36)40-19)39-17-24-13-9-6-10-14-24/h5-14,19,25-32,36H,15-18H2,1-4H3/t19-,25-,26-,27-,28-,29+,30+,31-,32+/m1/s1. The van der Waals surface area contributed by atoms with Crippen LogP contribution in [0.2, 0.25) is 0 Å². The van der Waals surface area contributed by atoms with Crippen molar-refractivity contribution >= 4 is 17.9 Å². The molecule has 240 valence electrons. The highest BCUT2D eigenvalue weighted by atomic mass is 16.7. The predicted octanol–water partition coefficient (Wildman–Crippen LogP) is 2.82. The molecule has 0 unspecified atom stereocenters. The van der Waals surface area contributed by atoms with Crippen LogP contribution in [-0.4, -0.2) is 84.9 Å². The zero-order valence-corrected chi connectivity index (χ0v) is 25.2. The van der Waals surface area contributed by atoms with Gasteiger partial charge in [0.05, 0.1) is 19.3 Å². The lowest BCUT2D eigenvalue weighted by Gasteiger charge is -2.46. The Morgan fingerprint density at radius 1 is 0.750 bits per heavy atom. The normalized spacial score (nSPS) is 30.2. The lowest BCUT2D eigenvalue weighted by Crippen LogP contribution is -2.61. The lowest BCUT2D eigenvalue weighted by atomic mass is 9.97. The van der Waals surface area contributed by atoms with E-state index in [1.165, 1.54) is 20.8 Å². The Balaban J connectivity index is 1.58. The molecule has 9 atom stereocenters. The minimum atomic E-state index is -1.32. The first-order valence-corrected chi connectivity index (χ1v) is 14.5. The van der Waals surface area contributed by atoms with Gasteiger partial charge in [0.25, 0.3) is 0 Å². The van der Waals surface area contributed by atoms with Crippen LogP contribution in [0.25, 0.3) is 0 Å². The van der Waals surface area contributed by atoms with Gasteiger partial charge < -0.3 is 43.0 Å². The number of aliphatic hydroxyl groups excluding tert-OH is 1. The summed E-state index contributed by atoms with van der Waals surface area (Å²) in [6.07, 6.45) is -8.67. The van der Waals surface area contributed by atoms with E-state index in [0.29, 0.717) is 0 Å². The van der Waals surface area contributed by atoms with E-state index in [0.717, 1.165) is 11.1 Å². The van der Waals surface area contributed by atoms with Crippen molar-refractivity contribution in [1.29, 1.82) is 0 Å². The molecule has 0 amide bonds. The third-order valence-electron chi connectivity index (χ3n) is 7.18. The van der Waals surface area contributed by atoms with Gasteiger partial charge in [-0.05, 0) is 18.1 Å². The molecule has 2 aliphatic heterocycles. The second kappa shape index (κ2) is 16.1. The van der Waals surface area contributed by atoms with Crippen LogP contribution in [-0.2, 0) is 65.5 Å². The first kappa shape index (κ1) is 33.5. The number of ether oxygens (including phenoxy) is 8. The molecule has 0 radical (unpaired) electrons. The Labute approximate surface area is 256 Å². The molecule has 0 spiro atoms. The van der Waals surface area contributed by atoms with Gasteiger partial charge in [0.2, 0.25) is 0 Å². The quantitative estimate of drug-likeness (QED) is 0.276. The van der Waals surface area contributed by atoms with E-state index in [9.17, 15) is 19.5 Å². The summed E-state index contributed by atoms with van der Waals surface area (Å²) in [6, 6.07) is 19.0. The van der Waals surface area contributed by atoms with Crippen LogP contribution in [0.15, 0.2) is 60.7 Å². The molecular weight excluding hydrogens is 576 g/mol. The van der Waals surface area contributed by atoms with Crippen LogP contribution in [0, 0.1) is 0 Å². The molecule has 1 N–H and O–H groups in total. The van der Waals surface area contributed by atoms with Crippen LogP contribution in [0.1, 0.15) is 45.2 Å². The Bertz CT molecular complexity index is 1210. The van der Waals surface area contributed by atoms with Crippen molar-refractivity contribution in [3.8, 4) is 0 Å². The van der Waals surface area contributed by atoms with E-state index < -0.39 is 73.2 Å². The van der Waals surface area contributed by atoms with Gasteiger partial charge in [-0.25, -0.2) is 0 Å². The summed E-state index contributed by atoms with van der Waals surface area (Å²) < 4.78 is 47.0. The summed E-state index contributed by atoms with van der Waals surface area (Å²) in [5.74, 6) is -1.80. The summed E-state index contributed by atoms with van der Waals surface area (Å²) in [5, 5.41) is 11.0. The van der Waals surface area contributed by atoms with Crippen molar-refractivity contribution < 1.29 is 57.4 Å². The Kier molecular flexibility index (Phi) is 12.2. The van der Waals surface area contributed by atoms with E-state index in [-0.39, 0.29) is 26.2 Å². The number of esters is 3. The molecule has 12 nitrogen and oxygen atoms in total. The molecule has 4 rings (SSSR count). The van der Waals surface area contributed by atoms with Gasteiger partial charge in [-0.1, -0.05) is 60.7 Å². The van der Waals surface area contributed by atoms with Crippen LogP contribution in [0.4, 0.5) is 0 Å². The molecule has 2 aliphatic rings. The van der Waals surface area contributed by atoms with Gasteiger partial charge in [0.1, 0.15) is 37.1 Å². The summed E-state index contributed by atoms with van der Waals surface area (Å²) in [4.78, 5) is 35.5. The van der Waals surface area contributed by atoms with Gasteiger partial charge in [0, 0.05) is 27.2 Å². The van der Waals surface area contributed by atoms with Gasteiger partial charge in [-0.2, -0.15) is 0 Å². The number of hydrogen-bond acceptors (Lipinski definition) is 12. The summed E-state index contributed by atoms with van der Waals surface area (Å²) in [6.45, 7) is 5.51. The maximum Gasteiger partial charge on any atom is 0.303 e. The Morgan fingerprint density at radius 3 is 1.86 bits per heavy atom. The fourth-order valence-electron chi connectivity index (χ4n) is 5.24. The van der Waals surface area contributed by atoms with Crippen LogP contribution >= 0.6 is 0 Å². The number of carbonyl (C=O) groups is 3. The van der Waals surface area contributed by atoms with E-state index in [1.807, 2.05) is 60.7 Å². The second-order valence-electron chi connectivity index (χ2n) is 10.7. The number of rotatable bonds is 12. The monoisotopic (exact) mass is 616 g/mol. The number of hydrogen-bond donors (Lipinski definition) is 1. The molecule has 44 heavy (non-hydrogen) atoms. The maximum absolute atomic E-state index is 12.0. The highest BCUT2D eigenvalue weighted by Gasteiger charge is 2.50. The number of benzene rings is 2. The molecular formula is C32H40O12. The highest BCUT2D eigenvalue weighted by Crippen LogP contribution is 2.33. The molecule has 0 aliphatic carbocycles. The molecule has 2 aromatic rings. The molecule has 2 heterocycles. The fourth-order valence-corrected chi connectivity index (χ4v) is 5.24. The van der Waals surface area contributed by atoms with Crippen molar-refractivity contribution in [3.63, 3.8) is 0 Å². The van der Waals surface area contributed by atoms with Gasteiger partial charge in [-0.15, -0.1) is 0 Å². The van der Waals surface area contributed by atoms with E-state index in [4.69, 9.17) is 37.9 Å². The van der Waals surface area contributed by atoms with E-state index >= 15 is 0 Å². The minimum Gasteiger partial charge on any atom is -0.463 e. The third-order valence-corrected chi connectivity index (χ3v) is 7.18. The topological polar surface area (TPSA) is 145 Å². The average Bonchev–Trinajstić information content (AvgIpc) is 2.98. The van der Waals surface area contributed by atoms with Crippen molar-refractivity contribution in [2.24, 2.45) is 0 Å². The molecule has 2 aromatic carbocycles. The Hall–Kier alpha value is -3.39. The SMILES string of the molecule is CC(=O)OC[C@H]1O[C@H](O[C@H]2[C@H](OCc3ccccc3)[C@@H](OCc3ccccc3)[C@@H](O)O[C@@H]2C)C[C@@H](OC(C)=O)[C@@H]1OC(C)=O. The van der Waals surface area contributed by atoms with Crippen LogP contribution in [0.5, 0.6) is 0 Å². The van der Waals surface area contributed by atoms with Crippen LogP contribution < -0.4 is 0 Å². The zero-order chi connectivity index (χ0) is 31.6. The molecule has 12 heteroatoms. The number of aliphatic hydroxyl groups is 1. The van der Waals surface area contributed by atoms with E-state index in [2.05, 4.69) is 0 Å². The zero-order valence-electron chi connectivity index (χ0n) is 25.2. The van der Waals surface area contributed by atoms with Crippen molar-refractivity contribution in [2.75, 3.05) is 6.61 Å². The largest absolute Gasteiger partial charge is 0.463 e. The van der Waals surface area contributed by atoms with Gasteiger partial charge >= 0.3 is 17.9 Å². The third kappa shape index (κ3) is 9.55. The molecule has 0 aromatic heterocycles. The summed E-state index contributed by atoms with van der Waals surface area (Å²) in [7, 11) is 0. The smallest absolute Gasteiger partial charge is 0.303 e. The average molecular weight is 617 g/mol.